The average Bonchev–Trinajstić information content (AvgIpc) is 2.81. The van der Waals surface area contributed by atoms with E-state index in [2.05, 4.69) is 24.0 Å². The van der Waals surface area contributed by atoms with Crippen LogP contribution in [0.15, 0.2) is 18.2 Å². The van der Waals surface area contributed by atoms with E-state index >= 15 is 0 Å². The van der Waals surface area contributed by atoms with Crippen molar-refractivity contribution in [2.24, 2.45) is 5.92 Å². The van der Waals surface area contributed by atoms with E-state index in [1.807, 2.05) is 6.07 Å². The van der Waals surface area contributed by atoms with Gasteiger partial charge in [0.25, 0.3) is 0 Å². The summed E-state index contributed by atoms with van der Waals surface area (Å²) in [6.07, 6.45) is 0. The van der Waals surface area contributed by atoms with Gasteiger partial charge >= 0.3 is 0 Å². The molecule has 3 rings (SSSR count). The van der Waals surface area contributed by atoms with Crippen molar-refractivity contribution in [2.75, 3.05) is 33.4 Å². The van der Waals surface area contributed by atoms with Gasteiger partial charge in [0, 0.05) is 30.5 Å². The molecule has 2 atom stereocenters. The second-order valence-electron chi connectivity index (χ2n) is 4.82. The lowest BCUT2D eigenvalue weighted by Gasteiger charge is -2.28. The molecule has 0 aliphatic carbocycles. The van der Waals surface area contributed by atoms with E-state index in [0.717, 1.165) is 37.7 Å². The summed E-state index contributed by atoms with van der Waals surface area (Å²) in [6.45, 7) is 7.85. The molecule has 1 fully saturated rings. The molecule has 0 aromatic heterocycles. The maximum atomic E-state index is 5.88. The van der Waals surface area contributed by atoms with Gasteiger partial charge in [-0.3, -0.25) is 0 Å². The zero-order chi connectivity index (χ0) is 11.8. The Hall–Kier alpha value is -1.22. The number of hydrogen-bond acceptors (Lipinski definition) is 3. The van der Waals surface area contributed by atoms with Crippen LogP contribution in [0.2, 0.25) is 0 Å². The molecule has 2 heterocycles. The lowest BCUT2D eigenvalue weighted by Crippen LogP contribution is -2.25. The van der Waals surface area contributed by atoms with E-state index < -0.39 is 0 Å². The maximum absolute atomic E-state index is 5.88. The summed E-state index contributed by atoms with van der Waals surface area (Å²) in [6, 6.07) is 6.19. The van der Waals surface area contributed by atoms with Crippen molar-refractivity contribution in [3.05, 3.63) is 30.7 Å². The van der Waals surface area contributed by atoms with Gasteiger partial charge in [-0.2, -0.15) is 0 Å². The van der Waals surface area contributed by atoms with Crippen LogP contribution in [0.4, 0.5) is 0 Å². The number of methoxy groups -OCH3 is 1. The van der Waals surface area contributed by atoms with Crippen LogP contribution in [0.5, 0.6) is 11.5 Å². The predicted octanol–water partition coefficient (Wildman–Crippen LogP) is 1.94. The molecule has 2 aliphatic rings. The number of ether oxygens (including phenoxy) is 2. The van der Waals surface area contributed by atoms with Gasteiger partial charge in [0.15, 0.2) is 11.5 Å². The molecule has 3 nitrogen and oxygen atoms in total. The molecular weight excluding hydrogens is 214 g/mol. The minimum atomic E-state index is 0.579. The van der Waals surface area contributed by atoms with Crippen LogP contribution >= 0.6 is 0 Å². The smallest absolute Gasteiger partial charge is 0.164 e. The van der Waals surface area contributed by atoms with Crippen LogP contribution in [-0.2, 0) is 0 Å². The van der Waals surface area contributed by atoms with Crippen LogP contribution in [0.3, 0.4) is 0 Å². The highest BCUT2D eigenvalue weighted by molar-refractivity contribution is 5.50. The quantitative estimate of drug-likeness (QED) is 0.777. The summed E-state index contributed by atoms with van der Waals surface area (Å²) in [5, 5.41) is 0. The summed E-state index contributed by atoms with van der Waals surface area (Å²) >= 11 is 0. The number of fused-ring (bicyclic) bond motifs is 3. The Bertz CT molecular complexity index is 419. The molecule has 91 valence electrons. The summed E-state index contributed by atoms with van der Waals surface area (Å²) < 4.78 is 11.2. The first-order valence-corrected chi connectivity index (χ1v) is 6.14. The van der Waals surface area contributed by atoms with Crippen LogP contribution in [0, 0.1) is 12.8 Å². The fraction of sp³-hybridized carbons (Fsp3) is 0.500. The van der Waals surface area contributed by atoms with Gasteiger partial charge in [0.1, 0.15) is 0 Å². The second kappa shape index (κ2) is 4.22. The molecule has 0 unspecified atom stereocenters. The van der Waals surface area contributed by atoms with Crippen LogP contribution in [0.1, 0.15) is 11.5 Å². The van der Waals surface area contributed by atoms with E-state index in [9.17, 15) is 0 Å². The third-order valence-corrected chi connectivity index (χ3v) is 3.90. The molecule has 0 N–H and O–H groups in total. The van der Waals surface area contributed by atoms with E-state index in [0.29, 0.717) is 11.8 Å². The number of rotatable bonds is 2. The highest BCUT2D eigenvalue weighted by atomic mass is 16.5. The molecule has 1 radical (unpaired) electrons. The number of hydrogen-bond donors (Lipinski definition) is 0. The number of benzene rings is 1. The van der Waals surface area contributed by atoms with E-state index in [1.54, 1.807) is 7.11 Å². The first-order valence-electron chi connectivity index (χ1n) is 6.14. The molecule has 0 saturated carbocycles. The molecular formula is C14H18NO2. The van der Waals surface area contributed by atoms with Gasteiger partial charge in [-0.25, -0.2) is 0 Å². The Morgan fingerprint density at radius 2 is 2.35 bits per heavy atom. The van der Waals surface area contributed by atoms with Gasteiger partial charge in [-0.15, -0.1) is 0 Å². The van der Waals surface area contributed by atoms with Gasteiger partial charge in [-0.1, -0.05) is 12.1 Å². The fourth-order valence-electron chi connectivity index (χ4n) is 2.99. The number of nitrogens with zero attached hydrogens (tertiary/aromatic N) is 1. The standard InChI is InChI=1S/C14H18NO2/c1-3-15-7-10-9-17-14-11(12(10)8-15)5-4-6-13(14)16-2/h4-6,10,12H,1,3,7-9H2,2H3/t10-,12-/m1/s1. The Balaban J connectivity index is 1.97. The Labute approximate surface area is 102 Å². The zero-order valence-electron chi connectivity index (χ0n) is 10.2. The molecule has 0 bridgehead atoms. The molecule has 17 heavy (non-hydrogen) atoms. The lowest BCUT2D eigenvalue weighted by atomic mass is 9.87. The minimum absolute atomic E-state index is 0.579. The summed E-state index contributed by atoms with van der Waals surface area (Å²) in [7, 11) is 1.70. The van der Waals surface area contributed by atoms with Crippen molar-refractivity contribution in [1.29, 1.82) is 0 Å². The van der Waals surface area contributed by atoms with E-state index in [1.165, 1.54) is 5.56 Å². The van der Waals surface area contributed by atoms with Gasteiger partial charge in [0.2, 0.25) is 0 Å². The van der Waals surface area contributed by atoms with Crippen molar-refractivity contribution >= 4 is 0 Å². The fourth-order valence-corrected chi connectivity index (χ4v) is 2.99. The lowest BCUT2D eigenvalue weighted by molar-refractivity contribution is 0.205. The molecule has 0 amide bonds. The van der Waals surface area contributed by atoms with Crippen molar-refractivity contribution in [3.8, 4) is 11.5 Å². The molecule has 1 saturated heterocycles. The second-order valence-corrected chi connectivity index (χ2v) is 4.82. The normalized spacial score (nSPS) is 27.2. The summed E-state index contributed by atoms with van der Waals surface area (Å²) in [5.74, 6) is 2.99. The zero-order valence-corrected chi connectivity index (χ0v) is 10.2. The van der Waals surface area contributed by atoms with Crippen molar-refractivity contribution in [3.63, 3.8) is 0 Å². The maximum Gasteiger partial charge on any atom is 0.164 e. The molecule has 3 heteroatoms. The average molecular weight is 232 g/mol. The third-order valence-electron chi connectivity index (χ3n) is 3.90. The Kier molecular flexibility index (Phi) is 2.71. The van der Waals surface area contributed by atoms with Crippen LogP contribution < -0.4 is 9.47 Å². The Morgan fingerprint density at radius 3 is 3.12 bits per heavy atom. The van der Waals surface area contributed by atoms with Gasteiger partial charge < -0.3 is 14.4 Å². The van der Waals surface area contributed by atoms with Crippen molar-refractivity contribution < 1.29 is 9.47 Å². The topological polar surface area (TPSA) is 21.7 Å². The highest BCUT2D eigenvalue weighted by Crippen LogP contribution is 2.45. The van der Waals surface area contributed by atoms with Gasteiger partial charge in [0.05, 0.1) is 13.7 Å². The minimum Gasteiger partial charge on any atom is -0.493 e. The SMILES string of the molecule is [CH2]CN1C[C@@H]2COc3c(OC)cccc3[C@@H]2C1. The highest BCUT2D eigenvalue weighted by Gasteiger charge is 2.38. The third kappa shape index (κ3) is 1.69. The molecule has 2 aliphatic heterocycles. The first-order chi connectivity index (χ1) is 8.33. The van der Waals surface area contributed by atoms with Crippen LogP contribution in [-0.4, -0.2) is 38.3 Å². The van der Waals surface area contributed by atoms with Crippen LogP contribution in [0.25, 0.3) is 0 Å². The predicted molar refractivity (Wildman–Crippen MR) is 66.5 cm³/mol. The van der Waals surface area contributed by atoms with Gasteiger partial charge in [-0.05, 0) is 19.5 Å². The first kappa shape index (κ1) is 10.9. The van der Waals surface area contributed by atoms with Crippen molar-refractivity contribution in [1.82, 2.24) is 4.90 Å². The molecule has 0 spiro atoms. The number of para-hydroxylation sites is 1. The van der Waals surface area contributed by atoms with E-state index in [4.69, 9.17) is 9.47 Å². The summed E-state index contributed by atoms with van der Waals surface area (Å²) in [4.78, 5) is 2.40. The van der Waals surface area contributed by atoms with E-state index in [-0.39, 0.29) is 0 Å². The summed E-state index contributed by atoms with van der Waals surface area (Å²) in [5.41, 5.74) is 1.30. The monoisotopic (exact) mass is 232 g/mol. The molecule has 1 aromatic rings. The molecule has 1 aromatic carbocycles. The number of likely N-dealkylation sites (tertiary alicyclic amines) is 1. The largest absolute Gasteiger partial charge is 0.493 e. The van der Waals surface area contributed by atoms with Crippen molar-refractivity contribution in [2.45, 2.75) is 5.92 Å². The Morgan fingerprint density at radius 1 is 1.47 bits per heavy atom.